The van der Waals surface area contributed by atoms with Crippen LogP contribution in [-0.2, 0) is 0 Å². The van der Waals surface area contributed by atoms with Crippen LogP contribution in [0.25, 0.3) is 44.6 Å². The minimum absolute atomic E-state index is 0.396. The van der Waals surface area contributed by atoms with Crippen LogP contribution in [0.1, 0.15) is 0 Å². The number of hydrogen-bond donors (Lipinski definition) is 1. The van der Waals surface area contributed by atoms with Gasteiger partial charge in [0.1, 0.15) is 5.69 Å². The number of fused-ring (bicyclic) bond motifs is 2. The summed E-state index contributed by atoms with van der Waals surface area (Å²) in [5.41, 5.74) is 2.85. The predicted octanol–water partition coefficient (Wildman–Crippen LogP) is 4.11. The minimum Gasteiger partial charge on any atom is -0.423 e. The van der Waals surface area contributed by atoms with Crippen molar-refractivity contribution >= 4 is 21.8 Å². The van der Waals surface area contributed by atoms with E-state index >= 15 is 0 Å². The number of H-pyrrole nitrogens is 1. The summed E-state index contributed by atoms with van der Waals surface area (Å²) in [7, 11) is 0. The number of aromatic amines is 1. The summed E-state index contributed by atoms with van der Waals surface area (Å²) in [6.07, 6.45) is 1.26. The molecule has 0 aliphatic heterocycles. The van der Waals surface area contributed by atoms with Gasteiger partial charge < -0.3 is 4.42 Å². The second-order valence-electron chi connectivity index (χ2n) is 5.70. The first-order chi connectivity index (χ1) is 12.7. The molecule has 8 heteroatoms. The molecule has 26 heavy (non-hydrogen) atoms. The second-order valence-corrected chi connectivity index (χ2v) is 5.70. The Morgan fingerprint density at radius 3 is 2.69 bits per heavy atom. The van der Waals surface area contributed by atoms with Crippen molar-refractivity contribution in [2.75, 3.05) is 0 Å². The molecule has 3 heterocycles. The van der Waals surface area contributed by atoms with E-state index in [4.69, 9.17) is 4.42 Å². The molecule has 0 amide bonds. The smallest absolute Gasteiger partial charge is 0.248 e. The fourth-order valence-electron chi connectivity index (χ4n) is 2.97. The van der Waals surface area contributed by atoms with Crippen molar-refractivity contribution in [1.82, 2.24) is 25.4 Å². The SMILES string of the molecule is Fc1cc2[nH]nc(-c3ccc4c(-c5nnco5)cccc4n3)c2cc1F. The first-order valence-electron chi connectivity index (χ1n) is 7.70. The molecule has 0 fully saturated rings. The Morgan fingerprint density at radius 1 is 0.962 bits per heavy atom. The van der Waals surface area contributed by atoms with Gasteiger partial charge in [0.05, 0.1) is 16.7 Å². The van der Waals surface area contributed by atoms with E-state index in [1.807, 2.05) is 24.3 Å². The fraction of sp³-hybridized carbons (Fsp3) is 0. The normalized spacial score (nSPS) is 11.5. The highest BCUT2D eigenvalue weighted by atomic mass is 19.2. The van der Waals surface area contributed by atoms with Crippen LogP contribution in [0.2, 0.25) is 0 Å². The van der Waals surface area contributed by atoms with Crippen LogP contribution in [0.4, 0.5) is 8.78 Å². The van der Waals surface area contributed by atoms with Crippen LogP contribution in [0.15, 0.2) is 53.3 Å². The lowest BCUT2D eigenvalue weighted by atomic mass is 10.1. The van der Waals surface area contributed by atoms with Crippen molar-refractivity contribution < 1.29 is 13.2 Å². The summed E-state index contributed by atoms with van der Waals surface area (Å²) in [4.78, 5) is 4.60. The van der Waals surface area contributed by atoms with Crippen molar-refractivity contribution in [3.05, 3.63) is 60.5 Å². The molecule has 0 unspecified atom stereocenters. The molecule has 5 rings (SSSR count). The summed E-state index contributed by atoms with van der Waals surface area (Å²) in [6.45, 7) is 0. The standard InChI is InChI=1S/C18H9F2N5O/c19-12-6-11-16(7-13(12)20)23-24-17(11)15-5-4-9-10(18-25-21-8-26-18)2-1-3-14(9)22-15/h1-8H,(H,23,24). The Labute approximate surface area is 144 Å². The van der Waals surface area contributed by atoms with Crippen molar-refractivity contribution in [3.8, 4) is 22.8 Å². The Kier molecular flexibility index (Phi) is 3.05. The summed E-state index contributed by atoms with van der Waals surface area (Å²) in [6, 6.07) is 11.3. The van der Waals surface area contributed by atoms with Crippen LogP contribution in [0.3, 0.4) is 0 Å². The third-order valence-electron chi connectivity index (χ3n) is 4.17. The second kappa shape index (κ2) is 5.41. The average Bonchev–Trinajstić information content (AvgIpc) is 3.31. The van der Waals surface area contributed by atoms with Crippen LogP contribution in [-0.4, -0.2) is 25.4 Å². The number of rotatable bonds is 2. The first-order valence-corrected chi connectivity index (χ1v) is 7.70. The molecule has 0 saturated heterocycles. The molecule has 1 N–H and O–H groups in total. The van der Waals surface area contributed by atoms with Crippen LogP contribution >= 0.6 is 0 Å². The number of pyridine rings is 1. The summed E-state index contributed by atoms with van der Waals surface area (Å²) >= 11 is 0. The lowest BCUT2D eigenvalue weighted by molar-refractivity contribution is 0.511. The highest BCUT2D eigenvalue weighted by Crippen LogP contribution is 2.31. The van der Waals surface area contributed by atoms with Gasteiger partial charge in [-0.3, -0.25) is 5.10 Å². The Morgan fingerprint density at radius 2 is 1.85 bits per heavy atom. The number of nitrogens with zero attached hydrogens (tertiary/aromatic N) is 4. The third-order valence-corrected chi connectivity index (χ3v) is 4.17. The third kappa shape index (κ3) is 2.16. The van der Waals surface area contributed by atoms with Crippen molar-refractivity contribution in [2.24, 2.45) is 0 Å². The highest BCUT2D eigenvalue weighted by molar-refractivity contribution is 5.96. The van der Waals surface area contributed by atoms with E-state index in [2.05, 4.69) is 25.4 Å². The molecular formula is C18H9F2N5O. The van der Waals surface area contributed by atoms with E-state index in [9.17, 15) is 8.78 Å². The van der Waals surface area contributed by atoms with Crippen LogP contribution in [0, 0.1) is 11.6 Å². The molecule has 0 bridgehead atoms. The monoisotopic (exact) mass is 349 g/mol. The minimum atomic E-state index is -0.931. The largest absolute Gasteiger partial charge is 0.423 e. The van der Waals surface area contributed by atoms with E-state index in [0.717, 1.165) is 23.1 Å². The number of hydrogen-bond acceptors (Lipinski definition) is 5. The average molecular weight is 349 g/mol. The zero-order chi connectivity index (χ0) is 17.7. The molecule has 0 saturated carbocycles. The van der Waals surface area contributed by atoms with Gasteiger partial charge >= 0.3 is 0 Å². The molecule has 126 valence electrons. The van der Waals surface area contributed by atoms with Gasteiger partial charge in [0, 0.05) is 22.4 Å². The van der Waals surface area contributed by atoms with E-state index < -0.39 is 11.6 Å². The van der Waals surface area contributed by atoms with Gasteiger partial charge in [-0.05, 0) is 30.3 Å². The number of benzene rings is 2. The van der Waals surface area contributed by atoms with Crippen LogP contribution < -0.4 is 0 Å². The van der Waals surface area contributed by atoms with E-state index in [1.165, 1.54) is 6.39 Å². The molecule has 5 aromatic rings. The molecular weight excluding hydrogens is 340 g/mol. The zero-order valence-electron chi connectivity index (χ0n) is 13.1. The Hall–Kier alpha value is -3.68. The van der Waals surface area contributed by atoms with E-state index in [0.29, 0.717) is 33.7 Å². The van der Waals surface area contributed by atoms with Crippen LogP contribution in [0.5, 0.6) is 0 Å². The maximum atomic E-state index is 13.6. The van der Waals surface area contributed by atoms with Crippen molar-refractivity contribution in [1.29, 1.82) is 0 Å². The molecule has 0 aliphatic rings. The van der Waals surface area contributed by atoms with Crippen molar-refractivity contribution in [3.63, 3.8) is 0 Å². The molecule has 6 nitrogen and oxygen atoms in total. The van der Waals surface area contributed by atoms with Gasteiger partial charge in [-0.1, -0.05) is 6.07 Å². The van der Waals surface area contributed by atoms with Gasteiger partial charge in [0.2, 0.25) is 12.3 Å². The lowest BCUT2D eigenvalue weighted by Crippen LogP contribution is -1.89. The van der Waals surface area contributed by atoms with Gasteiger partial charge in [0.25, 0.3) is 0 Å². The van der Waals surface area contributed by atoms with E-state index in [1.54, 1.807) is 6.07 Å². The predicted molar refractivity (Wildman–Crippen MR) is 90.0 cm³/mol. The first kappa shape index (κ1) is 14.6. The summed E-state index contributed by atoms with van der Waals surface area (Å²) < 4.78 is 32.3. The summed E-state index contributed by atoms with van der Waals surface area (Å²) in [5, 5.41) is 15.8. The molecule has 0 aliphatic carbocycles. The maximum Gasteiger partial charge on any atom is 0.248 e. The lowest BCUT2D eigenvalue weighted by Gasteiger charge is -2.04. The van der Waals surface area contributed by atoms with Gasteiger partial charge in [-0.25, -0.2) is 13.8 Å². The number of halogens is 2. The fourth-order valence-corrected chi connectivity index (χ4v) is 2.97. The summed E-state index contributed by atoms with van der Waals surface area (Å²) in [5.74, 6) is -1.46. The molecule has 2 aromatic carbocycles. The zero-order valence-corrected chi connectivity index (χ0v) is 13.1. The topological polar surface area (TPSA) is 80.5 Å². The van der Waals surface area contributed by atoms with E-state index in [-0.39, 0.29) is 0 Å². The van der Waals surface area contributed by atoms with Gasteiger partial charge in [-0.2, -0.15) is 5.10 Å². The Bertz CT molecular complexity index is 1260. The van der Waals surface area contributed by atoms with Crippen molar-refractivity contribution in [2.45, 2.75) is 0 Å². The molecule has 3 aromatic heterocycles. The highest BCUT2D eigenvalue weighted by Gasteiger charge is 2.15. The Balaban J connectivity index is 1.71. The number of aromatic nitrogens is 5. The number of nitrogens with one attached hydrogen (secondary N) is 1. The molecule has 0 spiro atoms. The molecule has 0 radical (unpaired) electrons. The maximum absolute atomic E-state index is 13.6. The molecule has 0 atom stereocenters. The quantitative estimate of drug-likeness (QED) is 0.519. The van der Waals surface area contributed by atoms with Gasteiger partial charge in [-0.15, -0.1) is 10.2 Å². The van der Waals surface area contributed by atoms with Gasteiger partial charge in [0.15, 0.2) is 11.6 Å².